The molecule has 4 rings (SSSR count). The van der Waals surface area contributed by atoms with Crippen LogP contribution >= 0.6 is 0 Å². The molecule has 0 unspecified atom stereocenters. The Morgan fingerprint density at radius 2 is 0.889 bits per heavy atom. The summed E-state index contributed by atoms with van der Waals surface area (Å²) < 4.78 is 0. The zero-order valence-corrected chi connectivity index (χ0v) is 19.0. The smallest absolute Gasteiger partial charge is 0.233 e. The van der Waals surface area contributed by atoms with Crippen molar-refractivity contribution in [2.24, 2.45) is 5.41 Å². The highest BCUT2D eigenvalue weighted by atomic mass is 16.2. The second-order valence-electron chi connectivity index (χ2n) is 8.27. The van der Waals surface area contributed by atoms with E-state index in [1.165, 1.54) is 54.6 Å². The minimum Gasteiger partial charge on any atom is -0.289 e. The topological polar surface area (TPSA) is 102 Å². The third-order valence-electron chi connectivity index (χ3n) is 5.98. The van der Waals surface area contributed by atoms with Crippen molar-refractivity contribution in [3.05, 3.63) is 131 Å². The molecule has 3 aromatic carbocycles. The van der Waals surface area contributed by atoms with Gasteiger partial charge in [0, 0.05) is 28.7 Å². The molecule has 0 spiro atoms. The van der Waals surface area contributed by atoms with Crippen molar-refractivity contribution in [1.29, 1.82) is 0 Å². The summed E-state index contributed by atoms with van der Waals surface area (Å²) in [5, 5.41) is 0. The lowest BCUT2D eigenvalue weighted by Crippen LogP contribution is -2.47. The highest BCUT2D eigenvalue weighted by molar-refractivity contribution is 6.58. The normalized spacial score (nSPS) is 13.8. The van der Waals surface area contributed by atoms with Crippen LogP contribution in [0.5, 0.6) is 0 Å². The summed E-state index contributed by atoms with van der Waals surface area (Å²) in [6.07, 6.45) is 3.17. The SMILES string of the molecule is O=C(C(=O)c1ccccc1)C1=CC=CC(C(=O)C(=O)c2ccccc2)(C(=O)C(=O)c2ccccc2)C1. The standard InChI is InChI=1S/C30H20O6/c31-24(20-11-4-1-5-12-20)25(32)23-17-10-18-30(19-23,28(35)26(33)21-13-6-2-7-14-21)29(36)27(34)22-15-8-3-9-16-22/h1-18H,19H2. The maximum atomic E-state index is 13.6. The van der Waals surface area contributed by atoms with E-state index in [1.54, 1.807) is 54.6 Å². The van der Waals surface area contributed by atoms with Crippen molar-refractivity contribution in [2.75, 3.05) is 0 Å². The molecule has 1 aliphatic rings. The zero-order chi connectivity index (χ0) is 25.7. The van der Waals surface area contributed by atoms with Gasteiger partial charge in [0.25, 0.3) is 0 Å². The van der Waals surface area contributed by atoms with E-state index in [1.807, 2.05) is 0 Å². The summed E-state index contributed by atoms with van der Waals surface area (Å²) in [5.74, 6) is -5.99. The fourth-order valence-corrected chi connectivity index (χ4v) is 4.03. The van der Waals surface area contributed by atoms with Gasteiger partial charge in [-0.15, -0.1) is 0 Å². The molecule has 0 saturated carbocycles. The summed E-state index contributed by atoms with van der Waals surface area (Å²) in [6.45, 7) is 0. The van der Waals surface area contributed by atoms with E-state index in [0.29, 0.717) is 0 Å². The highest BCUT2D eigenvalue weighted by Crippen LogP contribution is 2.37. The maximum absolute atomic E-state index is 13.6. The molecular formula is C30H20O6. The molecule has 6 nitrogen and oxygen atoms in total. The molecule has 176 valence electrons. The number of hydrogen-bond acceptors (Lipinski definition) is 6. The Balaban J connectivity index is 1.74. The lowest BCUT2D eigenvalue weighted by molar-refractivity contribution is -0.132. The van der Waals surface area contributed by atoms with Gasteiger partial charge in [-0.25, -0.2) is 0 Å². The van der Waals surface area contributed by atoms with Gasteiger partial charge < -0.3 is 0 Å². The van der Waals surface area contributed by atoms with E-state index in [4.69, 9.17) is 0 Å². The fourth-order valence-electron chi connectivity index (χ4n) is 4.03. The highest BCUT2D eigenvalue weighted by Gasteiger charge is 2.51. The number of carbonyl (C=O) groups excluding carboxylic acids is 6. The largest absolute Gasteiger partial charge is 0.289 e. The van der Waals surface area contributed by atoms with E-state index < -0.39 is 46.5 Å². The Bertz CT molecular complexity index is 1370. The van der Waals surface area contributed by atoms with E-state index in [0.717, 1.165) is 0 Å². The first-order chi connectivity index (χ1) is 17.3. The first-order valence-electron chi connectivity index (χ1n) is 11.2. The van der Waals surface area contributed by atoms with Crippen LogP contribution in [0.3, 0.4) is 0 Å². The van der Waals surface area contributed by atoms with Gasteiger partial charge in [0.15, 0.2) is 0 Å². The van der Waals surface area contributed by atoms with Gasteiger partial charge >= 0.3 is 0 Å². The lowest BCUT2D eigenvalue weighted by Gasteiger charge is -2.29. The average molecular weight is 476 g/mol. The predicted molar refractivity (Wildman–Crippen MR) is 132 cm³/mol. The van der Waals surface area contributed by atoms with Crippen LogP contribution in [0.25, 0.3) is 0 Å². The van der Waals surface area contributed by atoms with Gasteiger partial charge in [0.2, 0.25) is 34.7 Å². The van der Waals surface area contributed by atoms with Gasteiger partial charge in [0.05, 0.1) is 0 Å². The number of allylic oxidation sites excluding steroid dienone is 4. The molecule has 0 radical (unpaired) electrons. The number of rotatable bonds is 9. The van der Waals surface area contributed by atoms with Crippen LogP contribution in [0.2, 0.25) is 0 Å². The van der Waals surface area contributed by atoms with Gasteiger partial charge in [-0.2, -0.15) is 0 Å². The molecule has 0 aromatic heterocycles. The average Bonchev–Trinajstić information content (AvgIpc) is 2.96. The van der Waals surface area contributed by atoms with Crippen molar-refractivity contribution < 1.29 is 28.8 Å². The Labute approximate surface area is 207 Å². The van der Waals surface area contributed by atoms with Crippen LogP contribution in [-0.4, -0.2) is 34.7 Å². The summed E-state index contributed by atoms with van der Waals surface area (Å²) in [7, 11) is 0. The number of hydrogen-bond donors (Lipinski definition) is 0. The zero-order valence-electron chi connectivity index (χ0n) is 19.0. The number of benzene rings is 3. The van der Waals surface area contributed by atoms with Gasteiger partial charge in [-0.1, -0.05) is 109 Å². The van der Waals surface area contributed by atoms with Crippen molar-refractivity contribution in [1.82, 2.24) is 0 Å². The third kappa shape index (κ3) is 4.57. The maximum Gasteiger partial charge on any atom is 0.233 e. The molecule has 1 aliphatic carbocycles. The molecule has 0 bridgehead atoms. The second kappa shape index (κ2) is 10.2. The molecule has 0 atom stereocenters. The van der Waals surface area contributed by atoms with E-state index in [2.05, 4.69) is 0 Å². The quantitative estimate of drug-likeness (QED) is 0.260. The van der Waals surface area contributed by atoms with Crippen molar-refractivity contribution >= 4 is 34.7 Å². The van der Waals surface area contributed by atoms with Crippen LogP contribution in [0.1, 0.15) is 37.5 Å². The number of Topliss-reactive ketones (excluding diaryl/α,β-unsaturated/α-hetero) is 6. The van der Waals surface area contributed by atoms with Gasteiger partial charge in [0.1, 0.15) is 5.41 Å². The number of ketones is 6. The molecule has 0 fully saturated rings. The van der Waals surface area contributed by atoms with Crippen molar-refractivity contribution in [3.8, 4) is 0 Å². The molecule has 0 aliphatic heterocycles. The van der Waals surface area contributed by atoms with E-state index >= 15 is 0 Å². The van der Waals surface area contributed by atoms with Crippen LogP contribution in [-0.2, 0) is 14.4 Å². The first kappa shape index (κ1) is 24.3. The van der Waals surface area contributed by atoms with E-state index in [-0.39, 0.29) is 22.3 Å². The van der Waals surface area contributed by atoms with E-state index in [9.17, 15) is 28.8 Å². The first-order valence-corrected chi connectivity index (χ1v) is 11.2. The Hall–Kier alpha value is -4.84. The fraction of sp³-hybridized carbons (Fsp3) is 0.0667. The lowest BCUT2D eigenvalue weighted by atomic mass is 9.67. The van der Waals surface area contributed by atoms with Crippen LogP contribution in [0, 0.1) is 5.41 Å². The van der Waals surface area contributed by atoms with Crippen LogP contribution < -0.4 is 0 Å². The van der Waals surface area contributed by atoms with Gasteiger partial charge in [-0.05, 0) is 0 Å². The molecule has 3 aromatic rings. The van der Waals surface area contributed by atoms with Gasteiger partial charge in [-0.3, -0.25) is 28.8 Å². The summed E-state index contributed by atoms with van der Waals surface area (Å²) in [4.78, 5) is 79.3. The van der Waals surface area contributed by atoms with Crippen molar-refractivity contribution in [2.45, 2.75) is 6.42 Å². The Morgan fingerprint density at radius 3 is 1.31 bits per heavy atom. The molecule has 0 N–H and O–H groups in total. The molecule has 0 heterocycles. The van der Waals surface area contributed by atoms with Crippen LogP contribution in [0.4, 0.5) is 0 Å². The summed E-state index contributed by atoms with van der Waals surface area (Å²) >= 11 is 0. The van der Waals surface area contributed by atoms with Crippen molar-refractivity contribution in [3.63, 3.8) is 0 Å². The van der Waals surface area contributed by atoms with Crippen LogP contribution in [0.15, 0.2) is 115 Å². The molecule has 0 saturated heterocycles. The molecule has 0 amide bonds. The molecule has 6 heteroatoms. The minimum atomic E-state index is -2.27. The number of carbonyl (C=O) groups is 6. The third-order valence-corrected chi connectivity index (χ3v) is 5.98. The Morgan fingerprint density at radius 1 is 0.500 bits per heavy atom. The Kier molecular flexibility index (Phi) is 6.88. The minimum absolute atomic E-state index is 0.0398. The summed E-state index contributed by atoms with van der Waals surface area (Å²) in [5.41, 5.74) is -2.19. The second-order valence-corrected chi connectivity index (χ2v) is 8.27. The molecular weight excluding hydrogens is 456 g/mol. The monoisotopic (exact) mass is 476 g/mol. The molecule has 36 heavy (non-hydrogen) atoms. The predicted octanol–water partition coefficient (Wildman–Crippen LogP) is 4.22. The summed E-state index contributed by atoms with van der Waals surface area (Å²) in [6, 6.07) is 23.1.